The number of quaternary nitrogens is 1. The molecule has 9 heteroatoms. The summed E-state index contributed by atoms with van der Waals surface area (Å²) >= 11 is 0. The van der Waals surface area contributed by atoms with E-state index in [2.05, 4.69) is 141 Å². The number of nitrogens with zero attached hydrogens (tertiary/aromatic N) is 1. The molecule has 0 aromatic rings. The summed E-state index contributed by atoms with van der Waals surface area (Å²) < 4.78 is 23.4. The number of aliphatic hydroxyl groups excluding tert-OH is 1. The summed E-state index contributed by atoms with van der Waals surface area (Å²) in [5.74, 6) is -0.215. The van der Waals surface area contributed by atoms with Gasteiger partial charge in [-0.2, -0.15) is 0 Å². The highest BCUT2D eigenvalue weighted by atomic mass is 31.2. The number of aliphatic hydroxyl groups is 1. The van der Waals surface area contributed by atoms with E-state index in [0.717, 1.165) is 96.3 Å². The quantitative estimate of drug-likeness (QED) is 0.0272. The van der Waals surface area contributed by atoms with E-state index in [4.69, 9.17) is 9.05 Å². The molecular formula is C73H127N2O6P. The Morgan fingerprint density at radius 1 is 0.439 bits per heavy atom. The van der Waals surface area contributed by atoms with Crippen molar-refractivity contribution in [2.45, 2.75) is 283 Å². The molecule has 8 nitrogen and oxygen atoms in total. The highest BCUT2D eigenvalue weighted by Gasteiger charge is 2.23. The lowest BCUT2D eigenvalue weighted by Crippen LogP contribution is -2.45. The van der Waals surface area contributed by atoms with Crippen LogP contribution >= 0.6 is 7.82 Å². The van der Waals surface area contributed by atoms with Gasteiger partial charge in [0.25, 0.3) is 7.82 Å². The molecule has 0 aromatic heterocycles. The van der Waals surface area contributed by atoms with Gasteiger partial charge < -0.3 is 28.8 Å². The molecular weight excluding hydrogens is 1030 g/mol. The molecule has 0 bridgehead atoms. The van der Waals surface area contributed by atoms with Crippen LogP contribution in [0.1, 0.15) is 271 Å². The summed E-state index contributed by atoms with van der Waals surface area (Å²) in [6.45, 7) is 4.51. The van der Waals surface area contributed by atoms with Crippen molar-refractivity contribution in [3.8, 4) is 0 Å². The Hall–Kier alpha value is -3.36. The van der Waals surface area contributed by atoms with Gasteiger partial charge >= 0.3 is 0 Å². The largest absolute Gasteiger partial charge is 0.756 e. The van der Waals surface area contributed by atoms with E-state index in [1.54, 1.807) is 6.08 Å². The van der Waals surface area contributed by atoms with Gasteiger partial charge in [-0.05, 0) is 109 Å². The van der Waals surface area contributed by atoms with Crippen molar-refractivity contribution >= 4 is 13.7 Å². The second kappa shape index (κ2) is 62.2. The predicted molar refractivity (Wildman–Crippen MR) is 357 cm³/mol. The van der Waals surface area contributed by atoms with Gasteiger partial charge in [0, 0.05) is 6.42 Å². The number of nitrogens with one attached hydrogen (secondary N) is 1. The second-order valence-corrected chi connectivity index (χ2v) is 24.8. The van der Waals surface area contributed by atoms with Crippen LogP contribution in [-0.4, -0.2) is 68.5 Å². The van der Waals surface area contributed by atoms with Gasteiger partial charge in [-0.3, -0.25) is 9.36 Å². The van der Waals surface area contributed by atoms with Gasteiger partial charge in [-0.1, -0.05) is 289 Å². The lowest BCUT2D eigenvalue weighted by molar-refractivity contribution is -0.870. The average molecular weight is 1160 g/mol. The Balaban J connectivity index is 4.13. The van der Waals surface area contributed by atoms with Crippen molar-refractivity contribution in [1.29, 1.82) is 0 Å². The molecule has 0 spiro atoms. The molecule has 0 aliphatic rings. The average Bonchev–Trinajstić information content (AvgIpc) is 3.46. The van der Waals surface area contributed by atoms with Crippen LogP contribution in [0, 0.1) is 0 Å². The number of carbonyl (C=O) groups is 1. The highest BCUT2D eigenvalue weighted by molar-refractivity contribution is 7.45. The second-order valence-electron chi connectivity index (χ2n) is 23.4. The third-order valence-corrected chi connectivity index (χ3v) is 15.3. The van der Waals surface area contributed by atoms with Gasteiger partial charge in [-0.15, -0.1) is 0 Å². The number of hydrogen-bond acceptors (Lipinski definition) is 6. The summed E-state index contributed by atoms with van der Waals surface area (Å²) in [4.78, 5) is 25.6. The van der Waals surface area contributed by atoms with E-state index in [-0.39, 0.29) is 12.5 Å². The first-order valence-electron chi connectivity index (χ1n) is 33.5. The van der Waals surface area contributed by atoms with Crippen LogP contribution < -0.4 is 10.2 Å². The van der Waals surface area contributed by atoms with Gasteiger partial charge in [0.15, 0.2) is 0 Å². The molecule has 1 amide bonds. The number of hydrogen-bond donors (Lipinski definition) is 2. The first-order valence-corrected chi connectivity index (χ1v) is 35.0. The molecule has 0 saturated carbocycles. The molecule has 0 aliphatic heterocycles. The van der Waals surface area contributed by atoms with E-state index in [0.29, 0.717) is 17.4 Å². The lowest BCUT2D eigenvalue weighted by atomic mass is 10.0. The third-order valence-electron chi connectivity index (χ3n) is 14.3. The van der Waals surface area contributed by atoms with Gasteiger partial charge in [0.1, 0.15) is 13.2 Å². The maximum atomic E-state index is 13.0. The van der Waals surface area contributed by atoms with Crippen molar-refractivity contribution < 1.29 is 32.9 Å². The molecule has 0 saturated heterocycles. The van der Waals surface area contributed by atoms with Crippen LogP contribution in [0.4, 0.5) is 0 Å². The van der Waals surface area contributed by atoms with Crippen molar-refractivity contribution in [1.82, 2.24) is 5.32 Å². The molecule has 3 unspecified atom stereocenters. The summed E-state index contributed by atoms with van der Waals surface area (Å²) in [5, 5.41) is 13.9. The van der Waals surface area contributed by atoms with Crippen LogP contribution in [0.2, 0.25) is 0 Å². The molecule has 0 heterocycles. The minimum absolute atomic E-state index is 0.0141. The number of phosphoric ester groups is 1. The first-order chi connectivity index (χ1) is 40.0. The van der Waals surface area contributed by atoms with Crippen molar-refractivity contribution in [2.75, 3.05) is 40.9 Å². The summed E-state index contributed by atoms with van der Waals surface area (Å²) in [5.41, 5.74) is 0. The molecule has 82 heavy (non-hydrogen) atoms. The highest BCUT2D eigenvalue weighted by Crippen LogP contribution is 2.38. The van der Waals surface area contributed by atoms with E-state index >= 15 is 0 Å². The minimum atomic E-state index is -4.62. The standard InChI is InChI=1S/C73H127N2O6P/c1-6-8-10-12-14-16-18-20-22-24-26-28-29-30-31-32-33-34-35-36-37-38-39-40-41-42-43-44-45-47-49-51-53-55-57-59-61-63-65-67-73(77)74-71(70-81-82(78,79)80-69-68-75(3,4)5)72(76)66-64-62-60-58-56-54-52-50-48-46-27-25-23-21-19-17-15-13-11-9-7-2/h8,10,14,16,20,22,26,28,30-31,33-34,36-37,39-40,48,50,56,58,64,66,71-72,76H,6-7,9,11-13,15,17-19,21,23-25,27,29,32,35,38,41-47,49,51-55,57,59-63,65,67-70H2,1-5H3,(H-,74,77,78,79)/b10-8-,16-14-,22-20-,28-26-,31-30-,34-33-,37-36-,40-39-,50-48+,58-56+,66-64+. The predicted octanol–water partition coefficient (Wildman–Crippen LogP) is 20.8. The molecule has 470 valence electrons. The number of phosphoric acid groups is 1. The van der Waals surface area contributed by atoms with Crippen LogP contribution in [0.3, 0.4) is 0 Å². The van der Waals surface area contributed by atoms with E-state index in [9.17, 15) is 19.4 Å². The fourth-order valence-electron chi connectivity index (χ4n) is 9.14. The molecule has 0 aromatic carbocycles. The Labute approximate surface area is 506 Å². The third kappa shape index (κ3) is 64.2. The zero-order valence-corrected chi connectivity index (χ0v) is 54.5. The van der Waals surface area contributed by atoms with Crippen LogP contribution in [-0.2, 0) is 18.4 Å². The Morgan fingerprint density at radius 3 is 1.13 bits per heavy atom. The number of rotatable bonds is 60. The number of amides is 1. The van der Waals surface area contributed by atoms with Crippen molar-refractivity contribution in [3.05, 3.63) is 134 Å². The fourth-order valence-corrected chi connectivity index (χ4v) is 9.87. The zero-order valence-electron chi connectivity index (χ0n) is 53.6. The van der Waals surface area contributed by atoms with Gasteiger partial charge in [-0.25, -0.2) is 0 Å². The monoisotopic (exact) mass is 1160 g/mol. The normalized spacial score (nSPS) is 14.6. The van der Waals surface area contributed by atoms with Crippen molar-refractivity contribution in [2.24, 2.45) is 0 Å². The lowest BCUT2D eigenvalue weighted by Gasteiger charge is -2.29. The van der Waals surface area contributed by atoms with Crippen LogP contribution in [0.25, 0.3) is 0 Å². The van der Waals surface area contributed by atoms with E-state index < -0.39 is 26.6 Å². The number of allylic oxidation sites excluding steroid dienone is 21. The number of carbonyl (C=O) groups excluding carboxylic acids is 1. The molecule has 0 radical (unpaired) electrons. The van der Waals surface area contributed by atoms with Crippen LogP contribution in [0.5, 0.6) is 0 Å². The zero-order chi connectivity index (χ0) is 59.8. The number of unbranched alkanes of at least 4 members (excludes halogenated alkanes) is 27. The van der Waals surface area contributed by atoms with Gasteiger partial charge in [0.05, 0.1) is 39.9 Å². The maximum absolute atomic E-state index is 13.0. The molecule has 0 fully saturated rings. The van der Waals surface area contributed by atoms with Crippen LogP contribution in [0.15, 0.2) is 134 Å². The topological polar surface area (TPSA) is 108 Å². The summed E-state index contributed by atoms with van der Waals surface area (Å²) in [6.07, 6.45) is 94.2. The van der Waals surface area contributed by atoms with E-state index in [1.807, 2.05) is 27.2 Å². The van der Waals surface area contributed by atoms with Crippen molar-refractivity contribution in [3.63, 3.8) is 0 Å². The molecule has 0 rings (SSSR count). The Kier molecular flexibility index (Phi) is 59.6. The maximum Gasteiger partial charge on any atom is 0.268 e. The Bertz CT molecular complexity index is 1800. The minimum Gasteiger partial charge on any atom is -0.756 e. The first kappa shape index (κ1) is 78.6. The summed E-state index contributed by atoms with van der Waals surface area (Å²) in [7, 11) is 1.23. The summed E-state index contributed by atoms with van der Waals surface area (Å²) in [6, 6.07) is -0.919. The molecule has 2 N–H and O–H groups in total. The SMILES string of the molecule is CC/C=C\C/C=C\C/C=C\C/C=C\C/C=C\C/C=C\C/C=C\C/C=C\CCCCCCCCCCCCCCCCC(=O)NC(COP(=O)([O-])OCC[N+](C)(C)C)C(O)/C=C/CC/C=C/CC/C=C/CCCCCCCCCCCCC. The van der Waals surface area contributed by atoms with E-state index in [1.165, 1.54) is 154 Å². The van der Waals surface area contributed by atoms with Gasteiger partial charge in [0.2, 0.25) is 5.91 Å². The Morgan fingerprint density at radius 2 is 0.756 bits per heavy atom. The fraction of sp³-hybridized carbons (Fsp3) is 0.685. The molecule has 0 aliphatic carbocycles. The molecule has 3 atom stereocenters. The number of likely N-dealkylation sites (N-methyl/N-ethyl adjacent to an activating group) is 1. The smallest absolute Gasteiger partial charge is 0.268 e.